The average molecular weight is 545 g/mol. The standard InChI is InChI=1S/C30H36N6O4/c1-18-13-21(16-25-28(18)34-26(32-25)14-19-3-4-19)29(38)31-17-27(37)35-10-8-22(9-11-35)36-12-7-20-15-23(40-2)5-6-24(20)33-30(36)39/h5-6,13-16,19,22,32,34H,3-4,7-12,17H2,1-2H3,(H,31,38)(H,33,39)/b26-14+. The van der Waals surface area contributed by atoms with Crippen molar-refractivity contribution in [3.8, 4) is 5.75 Å². The molecule has 2 aromatic carbocycles. The summed E-state index contributed by atoms with van der Waals surface area (Å²) in [7, 11) is 1.63. The zero-order chi connectivity index (χ0) is 27.8. The highest BCUT2D eigenvalue weighted by atomic mass is 16.5. The van der Waals surface area contributed by atoms with Crippen LogP contribution >= 0.6 is 0 Å². The summed E-state index contributed by atoms with van der Waals surface area (Å²) < 4.78 is 5.33. The molecule has 10 nitrogen and oxygen atoms in total. The number of likely N-dealkylation sites (tertiary alicyclic amines) is 1. The zero-order valence-corrected chi connectivity index (χ0v) is 23.0. The molecule has 0 bridgehead atoms. The number of fused-ring (bicyclic) bond motifs is 2. The second kappa shape index (κ2) is 10.7. The SMILES string of the molecule is COc1ccc2c(c1)CCN(C1CCN(C(=O)CNC(=O)c3cc(C)c4c(c3)N/C(=C\C3CC3)N4)CC1)C(=O)N2. The summed E-state index contributed by atoms with van der Waals surface area (Å²) in [4.78, 5) is 42.5. The molecule has 1 aliphatic carbocycles. The highest BCUT2D eigenvalue weighted by molar-refractivity contribution is 5.99. The molecule has 0 spiro atoms. The van der Waals surface area contributed by atoms with Gasteiger partial charge in [0.1, 0.15) is 11.6 Å². The van der Waals surface area contributed by atoms with Gasteiger partial charge in [-0.3, -0.25) is 9.59 Å². The Labute approximate surface area is 234 Å². The van der Waals surface area contributed by atoms with Gasteiger partial charge in [-0.05, 0) is 92.5 Å². The molecule has 3 heterocycles. The van der Waals surface area contributed by atoms with Crippen LogP contribution in [0.15, 0.2) is 42.2 Å². The van der Waals surface area contributed by atoms with Crippen LogP contribution < -0.4 is 26.0 Å². The fraction of sp³-hybridized carbons (Fsp3) is 0.433. The number of hydrogen-bond acceptors (Lipinski definition) is 6. The van der Waals surface area contributed by atoms with Gasteiger partial charge in [-0.25, -0.2) is 4.79 Å². The maximum atomic E-state index is 13.0. The van der Waals surface area contributed by atoms with Gasteiger partial charge in [-0.15, -0.1) is 0 Å². The van der Waals surface area contributed by atoms with Gasteiger partial charge < -0.3 is 35.8 Å². The van der Waals surface area contributed by atoms with Crippen molar-refractivity contribution in [2.75, 3.05) is 49.2 Å². The van der Waals surface area contributed by atoms with E-state index in [1.54, 1.807) is 12.0 Å². The van der Waals surface area contributed by atoms with Crippen molar-refractivity contribution in [2.45, 2.75) is 45.1 Å². The Morgan fingerprint density at radius 3 is 2.58 bits per heavy atom. The smallest absolute Gasteiger partial charge is 0.322 e. The number of nitrogens with one attached hydrogen (secondary N) is 4. The van der Waals surface area contributed by atoms with Gasteiger partial charge in [0.2, 0.25) is 5.91 Å². The number of amides is 4. The largest absolute Gasteiger partial charge is 0.497 e. The number of rotatable bonds is 6. The van der Waals surface area contributed by atoms with Crippen molar-refractivity contribution in [3.63, 3.8) is 0 Å². The van der Waals surface area contributed by atoms with E-state index in [0.29, 0.717) is 44.0 Å². The minimum Gasteiger partial charge on any atom is -0.497 e. The minimum atomic E-state index is -0.270. The molecule has 2 fully saturated rings. The van der Waals surface area contributed by atoms with E-state index in [2.05, 4.69) is 27.3 Å². The Kier molecular flexibility index (Phi) is 7.00. The lowest BCUT2D eigenvalue weighted by Crippen LogP contribution is -2.51. The van der Waals surface area contributed by atoms with Crippen molar-refractivity contribution >= 4 is 34.9 Å². The van der Waals surface area contributed by atoms with Crippen LogP contribution in [0.1, 0.15) is 47.2 Å². The van der Waals surface area contributed by atoms with Crippen LogP contribution in [0.2, 0.25) is 0 Å². The quantitative estimate of drug-likeness (QED) is 0.439. The summed E-state index contributed by atoms with van der Waals surface area (Å²) in [6.45, 7) is 3.63. The van der Waals surface area contributed by atoms with Crippen LogP contribution in [0.5, 0.6) is 5.75 Å². The summed E-state index contributed by atoms with van der Waals surface area (Å²) >= 11 is 0. The Bertz CT molecular complexity index is 1380. The Balaban J connectivity index is 0.997. The molecule has 40 heavy (non-hydrogen) atoms. The normalized spacial score (nSPS) is 19.6. The topological polar surface area (TPSA) is 115 Å². The van der Waals surface area contributed by atoms with E-state index in [-0.39, 0.29) is 30.4 Å². The number of piperidine rings is 1. The average Bonchev–Trinajstić information content (AvgIpc) is 3.71. The molecule has 0 atom stereocenters. The van der Waals surface area contributed by atoms with Gasteiger partial charge in [0.05, 0.1) is 25.0 Å². The first-order valence-electron chi connectivity index (χ1n) is 14.1. The molecule has 1 saturated carbocycles. The third-order valence-corrected chi connectivity index (χ3v) is 8.25. The first-order valence-corrected chi connectivity index (χ1v) is 14.1. The molecule has 3 aliphatic heterocycles. The summed E-state index contributed by atoms with van der Waals surface area (Å²) in [6.07, 6.45) is 6.79. The lowest BCUT2D eigenvalue weighted by Gasteiger charge is -2.38. The van der Waals surface area contributed by atoms with Crippen LogP contribution in [0.25, 0.3) is 0 Å². The monoisotopic (exact) mass is 544 g/mol. The third-order valence-electron chi connectivity index (χ3n) is 8.25. The molecule has 6 rings (SSSR count). The highest BCUT2D eigenvalue weighted by Gasteiger charge is 2.31. The van der Waals surface area contributed by atoms with Crippen LogP contribution in [0.3, 0.4) is 0 Å². The van der Waals surface area contributed by atoms with Crippen molar-refractivity contribution in [1.82, 2.24) is 15.1 Å². The molecule has 210 valence electrons. The second-order valence-corrected chi connectivity index (χ2v) is 11.1. The predicted molar refractivity (Wildman–Crippen MR) is 154 cm³/mol. The third kappa shape index (κ3) is 5.43. The summed E-state index contributed by atoms with van der Waals surface area (Å²) in [5.74, 6) is 1.99. The Morgan fingerprint density at radius 2 is 1.82 bits per heavy atom. The molecular weight excluding hydrogens is 508 g/mol. The maximum absolute atomic E-state index is 13.0. The molecule has 4 aliphatic rings. The van der Waals surface area contributed by atoms with Crippen LogP contribution in [-0.4, -0.2) is 67.0 Å². The summed E-state index contributed by atoms with van der Waals surface area (Å²) in [5, 5.41) is 12.6. The molecule has 0 unspecified atom stereocenters. The van der Waals surface area contributed by atoms with Crippen LogP contribution in [-0.2, 0) is 11.2 Å². The minimum absolute atomic E-state index is 0.0561. The number of carbonyl (C=O) groups excluding carboxylic acids is 3. The van der Waals surface area contributed by atoms with Gasteiger partial charge in [0.25, 0.3) is 5.91 Å². The lowest BCUT2D eigenvalue weighted by molar-refractivity contribution is -0.131. The number of allylic oxidation sites excluding steroid dienone is 1. The number of benzene rings is 2. The van der Waals surface area contributed by atoms with Gasteiger partial charge >= 0.3 is 6.03 Å². The number of ether oxygens (including phenoxy) is 1. The number of carbonyl (C=O) groups is 3. The van der Waals surface area contributed by atoms with Crippen molar-refractivity contribution < 1.29 is 19.1 Å². The summed E-state index contributed by atoms with van der Waals surface area (Å²) in [6, 6.07) is 9.32. The van der Waals surface area contributed by atoms with Crippen LogP contribution in [0.4, 0.5) is 21.9 Å². The second-order valence-electron chi connectivity index (χ2n) is 11.1. The van der Waals surface area contributed by atoms with Crippen LogP contribution in [0, 0.1) is 12.8 Å². The van der Waals surface area contributed by atoms with Gasteiger partial charge in [0, 0.05) is 36.9 Å². The van der Waals surface area contributed by atoms with E-state index >= 15 is 0 Å². The molecule has 2 aromatic rings. The first kappa shape index (κ1) is 26.0. The zero-order valence-electron chi connectivity index (χ0n) is 23.0. The molecular formula is C30H36N6O4. The summed E-state index contributed by atoms with van der Waals surface area (Å²) in [5.41, 5.74) is 5.24. The van der Waals surface area contributed by atoms with E-state index < -0.39 is 0 Å². The van der Waals surface area contributed by atoms with E-state index in [0.717, 1.165) is 46.2 Å². The molecule has 4 amide bonds. The number of urea groups is 1. The fourth-order valence-corrected chi connectivity index (χ4v) is 5.78. The highest BCUT2D eigenvalue weighted by Crippen LogP contribution is 2.38. The Morgan fingerprint density at radius 1 is 1.02 bits per heavy atom. The number of hydrogen-bond donors (Lipinski definition) is 4. The van der Waals surface area contributed by atoms with Crippen molar-refractivity contribution in [3.05, 3.63) is 58.9 Å². The molecule has 10 heteroatoms. The lowest BCUT2D eigenvalue weighted by atomic mass is 10.0. The maximum Gasteiger partial charge on any atom is 0.322 e. The first-order chi connectivity index (χ1) is 19.4. The van der Waals surface area contributed by atoms with E-state index in [1.165, 1.54) is 12.8 Å². The van der Waals surface area contributed by atoms with E-state index in [4.69, 9.17) is 4.74 Å². The van der Waals surface area contributed by atoms with E-state index in [9.17, 15) is 14.4 Å². The number of anilines is 3. The number of nitrogens with zero attached hydrogens (tertiary/aromatic N) is 2. The Hall–Kier alpha value is -4.21. The number of aryl methyl sites for hydroxylation is 1. The predicted octanol–water partition coefficient (Wildman–Crippen LogP) is 3.90. The number of methoxy groups -OCH3 is 1. The van der Waals surface area contributed by atoms with Gasteiger partial charge in [-0.2, -0.15) is 0 Å². The van der Waals surface area contributed by atoms with Gasteiger partial charge in [-0.1, -0.05) is 0 Å². The van der Waals surface area contributed by atoms with Crippen molar-refractivity contribution in [1.29, 1.82) is 0 Å². The molecule has 4 N–H and O–H groups in total. The molecule has 1 saturated heterocycles. The molecule has 0 radical (unpaired) electrons. The molecule has 0 aromatic heterocycles. The van der Waals surface area contributed by atoms with Crippen molar-refractivity contribution in [2.24, 2.45) is 5.92 Å². The van der Waals surface area contributed by atoms with Gasteiger partial charge in [0.15, 0.2) is 0 Å². The fourth-order valence-electron chi connectivity index (χ4n) is 5.78. The van der Waals surface area contributed by atoms with E-state index in [1.807, 2.05) is 42.2 Å².